The molecular weight excluding hydrogens is 444 g/mol. The van der Waals surface area contributed by atoms with Gasteiger partial charge in [-0.15, -0.1) is 0 Å². The van der Waals surface area contributed by atoms with Gasteiger partial charge in [-0.1, -0.05) is 31.2 Å². The summed E-state index contributed by atoms with van der Waals surface area (Å²) in [5.41, 5.74) is 2.88. The molecule has 35 heavy (non-hydrogen) atoms. The summed E-state index contributed by atoms with van der Waals surface area (Å²) in [5, 5.41) is 0. The van der Waals surface area contributed by atoms with E-state index in [0.29, 0.717) is 29.1 Å². The molecule has 5 rings (SSSR count). The van der Waals surface area contributed by atoms with Gasteiger partial charge in [-0.3, -0.25) is 9.59 Å². The van der Waals surface area contributed by atoms with Crippen LogP contribution < -0.4 is 4.74 Å². The summed E-state index contributed by atoms with van der Waals surface area (Å²) < 4.78 is 17.1. The molecule has 0 N–H and O–H groups in total. The Hall–Kier alpha value is -3.15. The first-order valence-electron chi connectivity index (χ1n) is 12.5. The minimum absolute atomic E-state index is 0.213. The Labute approximate surface area is 206 Å². The van der Waals surface area contributed by atoms with E-state index in [-0.39, 0.29) is 23.3 Å². The quantitative estimate of drug-likeness (QED) is 0.444. The number of hydrogen-bond acceptors (Lipinski definition) is 6. The molecule has 0 aliphatic heterocycles. The minimum atomic E-state index is -0.406. The van der Waals surface area contributed by atoms with Crippen LogP contribution in [0.1, 0.15) is 73.9 Å². The number of ether oxygens (including phenoxy) is 3. The molecule has 2 fully saturated rings. The van der Waals surface area contributed by atoms with Gasteiger partial charge in [-0.2, -0.15) is 0 Å². The minimum Gasteiger partial charge on any atom is -0.459 e. The van der Waals surface area contributed by atoms with Crippen molar-refractivity contribution in [1.29, 1.82) is 0 Å². The number of fused-ring (bicyclic) bond motifs is 5. The summed E-state index contributed by atoms with van der Waals surface area (Å²) in [6.07, 6.45) is 3.71. The standard InChI is InChI=1S/C29H32O6/c1-17(30)33-26-16-25-24-11-9-20-15-21(35-28(32)19-7-5-4-6-8-19)10-12-22(20)23(24)13-14-29(25,3)27(26)34-18(2)31/h4-8,10,12,15,23-27H,9,11,13-14,16H2,1-3H3/t23-,24-,25+,26-,27+,29+/m1/s1. The van der Waals surface area contributed by atoms with E-state index in [9.17, 15) is 14.4 Å². The van der Waals surface area contributed by atoms with Crippen molar-refractivity contribution < 1.29 is 28.6 Å². The molecule has 6 nitrogen and oxygen atoms in total. The van der Waals surface area contributed by atoms with Crippen LogP contribution in [0.3, 0.4) is 0 Å². The SMILES string of the molecule is CC(=O)O[C@@H]1C[C@H]2[C@@H]3CCc4cc(OC(=O)c5ccccc5)ccc4[C@H]3CC[C@]2(C)[C@H]1OC(C)=O. The van der Waals surface area contributed by atoms with Crippen LogP contribution in [-0.4, -0.2) is 30.1 Å². The Morgan fingerprint density at radius 3 is 2.40 bits per heavy atom. The predicted molar refractivity (Wildman–Crippen MR) is 129 cm³/mol. The average Bonchev–Trinajstić information content (AvgIpc) is 3.09. The second kappa shape index (κ2) is 9.14. The van der Waals surface area contributed by atoms with Crippen LogP contribution in [0, 0.1) is 17.3 Å². The van der Waals surface area contributed by atoms with Crippen LogP contribution in [0.15, 0.2) is 48.5 Å². The van der Waals surface area contributed by atoms with Gasteiger partial charge in [0, 0.05) is 19.3 Å². The molecule has 0 amide bonds. The molecule has 0 bridgehead atoms. The molecule has 0 heterocycles. The summed E-state index contributed by atoms with van der Waals surface area (Å²) in [6, 6.07) is 15.0. The zero-order valence-electron chi connectivity index (χ0n) is 20.5. The fourth-order valence-electron chi connectivity index (χ4n) is 7.02. The monoisotopic (exact) mass is 476 g/mol. The second-order valence-electron chi connectivity index (χ2n) is 10.5. The molecule has 3 aliphatic carbocycles. The van der Waals surface area contributed by atoms with E-state index in [2.05, 4.69) is 13.0 Å². The van der Waals surface area contributed by atoms with Gasteiger partial charge in [0.05, 0.1) is 5.56 Å². The Balaban J connectivity index is 1.37. The van der Waals surface area contributed by atoms with Crippen LogP contribution in [-0.2, 0) is 25.5 Å². The van der Waals surface area contributed by atoms with Crippen molar-refractivity contribution in [3.63, 3.8) is 0 Å². The van der Waals surface area contributed by atoms with Crippen molar-refractivity contribution >= 4 is 17.9 Å². The van der Waals surface area contributed by atoms with Crippen LogP contribution >= 0.6 is 0 Å². The van der Waals surface area contributed by atoms with Gasteiger partial charge in [0.15, 0.2) is 0 Å². The normalized spacial score (nSPS) is 30.9. The summed E-state index contributed by atoms with van der Waals surface area (Å²) in [5.74, 6) is 0.676. The number of esters is 3. The van der Waals surface area contributed by atoms with Gasteiger partial charge in [0.2, 0.25) is 0 Å². The van der Waals surface area contributed by atoms with Gasteiger partial charge < -0.3 is 14.2 Å². The summed E-state index contributed by atoms with van der Waals surface area (Å²) >= 11 is 0. The molecule has 2 saturated carbocycles. The first kappa shape index (κ1) is 23.6. The molecule has 6 heteroatoms. The molecule has 6 atom stereocenters. The largest absolute Gasteiger partial charge is 0.459 e. The topological polar surface area (TPSA) is 78.9 Å². The van der Waals surface area contributed by atoms with Crippen molar-refractivity contribution in [3.05, 3.63) is 65.2 Å². The van der Waals surface area contributed by atoms with Crippen molar-refractivity contribution in [2.45, 2.75) is 71.0 Å². The van der Waals surface area contributed by atoms with Crippen molar-refractivity contribution in [2.24, 2.45) is 17.3 Å². The third-order valence-electron chi connectivity index (χ3n) is 8.44. The molecule has 2 aromatic rings. The van der Waals surface area contributed by atoms with Crippen molar-refractivity contribution in [1.82, 2.24) is 0 Å². The Bertz CT molecular complexity index is 1140. The summed E-state index contributed by atoms with van der Waals surface area (Å²) in [6.45, 7) is 5.04. The van der Waals surface area contributed by atoms with E-state index in [1.807, 2.05) is 30.3 Å². The lowest BCUT2D eigenvalue weighted by Gasteiger charge is -2.50. The molecule has 184 valence electrons. The first-order chi connectivity index (χ1) is 16.8. The fourth-order valence-corrected chi connectivity index (χ4v) is 7.02. The smallest absolute Gasteiger partial charge is 0.343 e. The van der Waals surface area contributed by atoms with Crippen LogP contribution in [0.4, 0.5) is 0 Å². The molecule has 3 aliphatic rings. The highest BCUT2D eigenvalue weighted by molar-refractivity contribution is 5.91. The van der Waals surface area contributed by atoms with Crippen molar-refractivity contribution in [3.8, 4) is 5.75 Å². The molecule has 0 radical (unpaired) electrons. The molecule has 0 spiro atoms. The summed E-state index contributed by atoms with van der Waals surface area (Å²) in [4.78, 5) is 36.2. The zero-order valence-corrected chi connectivity index (χ0v) is 20.5. The van der Waals surface area contributed by atoms with Crippen LogP contribution in [0.5, 0.6) is 5.75 Å². The maximum Gasteiger partial charge on any atom is 0.343 e. The van der Waals surface area contributed by atoms with E-state index in [1.165, 1.54) is 25.0 Å². The maximum absolute atomic E-state index is 12.5. The Kier molecular flexibility index (Phi) is 6.16. The number of carbonyl (C=O) groups is 3. The highest BCUT2D eigenvalue weighted by Crippen LogP contribution is 2.62. The molecule has 0 unspecified atom stereocenters. The maximum atomic E-state index is 12.5. The van der Waals surface area contributed by atoms with Crippen molar-refractivity contribution in [2.75, 3.05) is 0 Å². The Morgan fingerprint density at radius 2 is 1.69 bits per heavy atom. The predicted octanol–water partition coefficient (Wildman–Crippen LogP) is 5.24. The van der Waals surface area contributed by atoms with Crippen LogP contribution in [0.2, 0.25) is 0 Å². The lowest BCUT2D eigenvalue weighted by Crippen LogP contribution is -2.46. The van der Waals surface area contributed by atoms with E-state index >= 15 is 0 Å². The van der Waals surface area contributed by atoms with E-state index in [0.717, 1.165) is 32.1 Å². The van der Waals surface area contributed by atoms with Gasteiger partial charge in [-0.05, 0) is 85.3 Å². The lowest BCUT2D eigenvalue weighted by atomic mass is 9.55. The van der Waals surface area contributed by atoms with Gasteiger partial charge in [0.25, 0.3) is 0 Å². The third kappa shape index (κ3) is 4.35. The van der Waals surface area contributed by atoms with Gasteiger partial charge >= 0.3 is 17.9 Å². The number of hydrogen-bond donors (Lipinski definition) is 0. The van der Waals surface area contributed by atoms with E-state index in [4.69, 9.17) is 14.2 Å². The molecule has 2 aromatic carbocycles. The van der Waals surface area contributed by atoms with Gasteiger partial charge in [0.1, 0.15) is 18.0 Å². The molecule has 0 aromatic heterocycles. The zero-order chi connectivity index (χ0) is 24.7. The first-order valence-corrected chi connectivity index (χ1v) is 12.5. The van der Waals surface area contributed by atoms with E-state index < -0.39 is 12.2 Å². The number of aryl methyl sites for hydroxylation is 1. The molecule has 0 saturated heterocycles. The number of rotatable bonds is 4. The summed E-state index contributed by atoms with van der Waals surface area (Å²) in [7, 11) is 0. The number of carbonyl (C=O) groups excluding carboxylic acids is 3. The van der Waals surface area contributed by atoms with Crippen LogP contribution in [0.25, 0.3) is 0 Å². The highest BCUT2D eigenvalue weighted by Gasteiger charge is 2.61. The number of benzene rings is 2. The van der Waals surface area contributed by atoms with E-state index in [1.54, 1.807) is 12.1 Å². The van der Waals surface area contributed by atoms with Gasteiger partial charge in [-0.25, -0.2) is 4.79 Å². The highest BCUT2D eigenvalue weighted by atomic mass is 16.6. The second-order valence-corrected chi connectivity index (χ2v) is 10.5. The molecular formula is C29H32O6. The average molecular weight is 477 g/mol. The Morgan fingerprint density at radius 1 is 0.943 bits per heavy atom. The lowest BCUT2D eigenvalue weighted by molar-refractivity contribution is -0.171. The third-order valence-corrected chi connectivity index (χ3v) is 8.44. The fraction of sp³-hybridized carbons (Fsp3) is 0.483.